The maximum atomic E-state index is 12.7. The highest BCUT2D eigenvalue weighted by Crippen LogP contribution is 2.27. The van der Waals surface area contributed by atoms with Gasteiger partial charge in [0.15, 0.2) is 0 Å². The smallest absolute Gasteiger partial charge is 0.245 e. The molecule has 1 fully saturated rings. The number of hydrogen-bond donors (Lipinski definition) is 1. The number of carbonyl (C=O) groups excluding carboxylic acids is 1. The Morgan fingerprint density at radius 3 is 2.50 bits per heavy atom. The third-order valence-electron chi connectivity index (χ3n) is 4.00. The van der Waals surface area contributed by atoms with Gasteiger partial charge in [0.25, 0.3) is 0 Å². The second kappa shape index (κ2) is 6.55. The standard InChI is InChI=1S/C17H17ClN2O3S/c1-12-6-5-9-14(18)16(12)24(22,23)19-15-10-11-20(17(15)21)13-7-3-2-4-8-13/h2-9,15,19H,10-11H2,1H3/t15-/m1/s1. The van der Waals surface area contributed by atoms with Crippen LogP contribution in [0.1, 0.15) is 12.0 Å². The van der Waals surface area contributed by atoms with Crippen molar-refractivity contribution in [3.05, 3.63) is 59.1 Å². The molecule has 1 saturated heterocycles. The Morgan fingerprint density at radius 1 is 1.12 bits per heavy atom. The molecule has 0 radical (unpaired) electrons. The largest absolute Gasteiger partial charge is 0.311 e. The predicted octanol–water partition coefficient (Wildman–Crippen LogP) is 2.73. The van der Waals surface area contributed by atoms with Gasteiger partial charge in [0.2, 0.25) is 15.9 Å². The number of benzene rings is 2. The number of halogens is 1. The van der Waals surface area contributed by atoms with Gasteiger partial charge in [-0.2, -0.15) is 4.72 Å². The summed E-state index contributed by atoms with van der Waals surface area (Å²) in [4.78, 5) is 14.2. The highest BCUT2D eigenvalue weighted by molar-refractivity contribution is 7.89. The molecule has 0 aromatic heterocycles. The number of nitrogens with zero attached hydrogens (tertiary/aromatic N) is 1. The Hall–Kier alpha value is -1.89. The van der Waals surface area contributed by atoms with Crippen LogP contribution in [-0.2, 0) is 14.8 Å². The van der Waals surface area contributed by atoms with Crippen LogP contribution in [0.2, 0.25) is 5.02 Å². The van der Waals surface area contributed by atoms with Crippen molar-refractivity contribution in [2.45, 2.75) is 24.3 Å². The molecule has 0 spiro atoms. The van der Waals surface area contributed by atoms with E-state index in [0.717, 1.165) is 5.69 Å². The number of carbonyl (C=O) groups is 1. The Balaban J connectivity index is 1.83. The van der Waals surface area contributed by atoms with Crippen LogP contribution in [0.3, 0.4) is 0 Å². The van der Waals surface area contributed by atoms with E-state index in [4.69, 9.17) is 11.6 Å². The van der Waals surface area contributed by atoms with E-state index in [0.29, 0.717) is 18.5 Å². The summed E-state index contributed by atoms with van der Waals surface area (Å²) in [7, 11) is -3.87. The van der Waals surface area contributed by atoms with E-state index in [1.165, 1.54) is 6.07 Å². The van der Waals surface area contributed by atoms with Gasteiger partial charge in [0.1, 0.15) is 10.9 Å². The number of hydrogen-bond acceptors (Lipinski definition) is 3. The fourth-order valence-corrected chi connectivity index (χ4v) is 4.91. The van der Waals surface area contributed by atoms with Crippen LogP contribution in [0, 0.1) is 6.92 Å². The van der Waals surface area contributed by atoms with Crippen molar-refractivity contribution in [2.24, 2.45) is 0 Å². The number of amides is 1. The van der Waals surface area contributed by atoms with Gasteiger partial charge in [-0.3, -0.25) is 4.79 Å². The van der Waals surface area contributed by atoms with Gasteiger partial charge in [0.05, 0.1) is 5.02 Å². The highest BCUT2D eigenvalue weighted by Gasteiger charge is 2.36. The molecule has 0 saturated carbocycles. The predicted molar refractivity (Wildman–Crippen MR) is 93.7 cm³/mol. The summed E-state index contributed by atoms with van der Waals surface area (Å²) in [6, 6.07) is 13.3. The Labute approximate surface area is 146 Å². The summed E-state index contributed by atoms with van der Waals surface area (Å²) in [6.07, 6.45) is 0.413. The zero-order valence-electron chi connectivity index (χ0n) is 13.1. The van der Waals surface area contributed by atoms with Crippen LogP contribution in [-0.4, -0.2) is 26.9 Å². The molecule has 0 bridgehead atoms. The van der Waals surface area contributed by atoms with Crippen LogP contribution < -0.4 is 9.62 Å². The Bertz CT molecular complexity index is 848. The number of aryl methyl sites for hydroxylation is 1. The first-order valence-corrected chi connectivity index (χ1v) is 9.40. The number of rotatable bonds is 4. The summed E-state index contributed by atoms with van der Waals surface area (Å²) in [5.74, 6) is -0.255. The van der Waals surface area contributed by atoms with Gasteiger partial charge in [-0.15, -0.1) is 0 Å². The summed E-state index contributed by atoms with van der Waals surface area (Å²) < 4.78 is 27.8. The molecule has 0 aliphatic carbocycles. The zero-order valence-corrected chi connectivity index (χ0v) is 14.6. The highest BCUT2D eigenvalue weighted by atomic mass is 35.5. The van der Waals surface area contributed by atoms with E-state index >= 15 is 0 Å². The van der Waals surface area contributed by atoms with Crippen molar-refractivity contribution >= 4 is 33.2 Å². The van der Waals surface area contributed by atoms with Gasteiger partial charge in [-0.05, 0) is 37.1 Å². The molecule has 1 amide bonds. The maximum Gasteiger partial charge on any atom is 0.245 e. The van der Waals surface area contributed by atoms with Crippen molar-refractivity contribution < 1.29 is 13.2 Å². The van der Waals surface area contributed by atoms with Gasteiger partial charge in [0, 0.05) is 12.2 Å². The molecule has 2 aromatic rings. The number of nitrogens with one attached hydrogen (secondary N) is 1. The molecular weight excluding hydrogens is 348 g/mol. The molecule has 0 unspecified atom stereocenters. The van der Waals surface area contributed by atoms with Crippen LogP contribution in [0.15, 0.2) is 53.4 Å². The van der Waals surface area contributed by atoms with E-state index in [1.807, 2.05) is 30.3 Å². The molecule has 3 rings (SSSR count). The van der Waals surface area contributed by atoms with Crippen molar-refractivity contribution in [3.8, 4) is 0 Å². The average molecular weight is 365 g/mol. The fourth-order valence-electron chi connectivity index (χ4n) is 2.86. The summed E-state index contributed by atoms with van der Waals surface area (Å²) in [5.41, 5.74) is 1.30. The molecule has 126 valence electrons. The minimum absolute atomic E-state index is 0.0256. The molecule has 2 aromatic carbocycles. The number of para-hydroxylation sites is 1. The first-order valence-electron chi connectivity index (χ1n) is 7.54. The monoisotopic (exact) mass is 364 g/mol. The second-order valence-corrected chi connectivity index (χ2v) is 7.73. The molecule has 1 atom stereocenters. The molecular formula is C17H17ClN2O3S. The van der Waals surface area contributed by atoms with Crippen LogP contribution in [0.5, 0.6) is 0 Å². The lowest BCUT2D eigenvalue weighted by atomic mass is 10.2. The Kier molecular flexibility index (Phi) is 4.62. The summed E-state index contributed by atoms with van der Waals surface area (Å²) in [5, 5.41) is 0.146. The van der Waals surface area contributed by atoms with E-state index in [9.17, 15) is 13.2 Å². The number of anilines is 1. The molecule has 7 heteroatoms. The van der Waals surface area contributed by atoms with E-state index in [-0.39, 0.29) is 15.8 Å². The van der Waals surface area contributed by atoms with Crippen LogP contribution >= 0.6 is 11.6 Å². The summed E-state index contributed by atoms with van der Waals surface area (Å²) in [6.45, 7) is 2.14. The minimum Gasteiger partial charge on any atom is -0.311 e. The zero-order chi connectivity index (χ0) is 17.3. The molecule has 24 heavy (non-hydrogen) atoms. The van der Waals surface area contributed by atoms with Gasteiger partial charge < -0.3 is 4.90 Å². The lowest BCUT2D eigenvalue weighted by molar-refractivity contribution is -0.118. The van der Waals surface area contributed by atoms with Crippen molar-refractivity contribution in [1.82, 2.24) is 4.72 Å². The van der Waals surface area contributed by atoms with Crippen molar-refractivity contribution in [3.63, 3.8) is 0 Å². The number of sulfonamides is 1. The first-order chi connectivity index (χ1) is 11.4. The molecule has 1 aliphatic rings. The lowest BCUT2D eigenvalue weighted by Crippen LogP contribution is -2.41. The van der Waals surface area contributed by atoms with Crippen LogP contribution in [0.25, 0.3) is 0 Å². The third kappa shape index (κ3) is 3.17. The normalized spacial score (nSPS) is 18.2. The fraction of sp³-hybridized carbons (Fsp3) is 0.235. The minimum atomic E-state index is -3.87. The summed E-state index contributed by atoms with van der Waals surface area (Å²) >= 11 is 6.05. The third-order valence-corrected chi connectivity index (χ3v) is 6.10. The van der Waals surface area contributed by atoms with Crippen molar-refractivity contribution in [1.29, 1.82) is 0 Å². The van der Waals surface area contributed by atoms with Crippen molar-refractivity contribution in [2.75, 3.05) is 11.4 Å². The Morgan fingerprint density at radius 2 is 1.83 bits per heavy atom. The topological polar surface area (TPSA) is 66.5 Å². The quantitative estimate of drug-likeness (QED) is 0.907. The van der Waals surface area contributed by atoms with E-state index in [1.54, 1.807) is 24.0 Å². The average Bonchev–Trinajstić information content (AvgIpc) is 2.88. The molecule has 5 nitrogen and oxygen atoms in total. The van der Waals surface area contributed by atoms with Gasteiger partial charge >= 0.3 is 0 Å². The maximum absolute atomic E-state index is 12.7. The SMILES string of the molecule is Cc1cccc(Cl)c1S(=O)(=O)N[C@@H]1CCN(c2ccccc2)C1=O. The van der Waals surface area contributed by atoms with Gasteiger partial charge in [-0.1, -0.05) is 41.9 Å². The van der Waals surface area contributed by atoms with E-state index < -0.39 is 16.1 Å². The van der Waals surface area contributed by atoms with E-state index in [2.05, 4.69) is 4.72 Å². The molecule has 1 heterocycles. The lowest BCUT2D eigenvalue weighted by Gasteiger charge is -2.18. The molecule has 1 N–H and O–H groups in total. The second-order valence-electron chi connectivity index (χ2n) is 5.67. The first kappa shape index (κ1) is 17.0. The van der Waals surface area contributed by atoms with Crippen LogP contribution in [0.4, 0.5) is 5.69 Å². The van der Waals surface area contributed by atoms with Gasteiger partial charge in [-0.25, -0.2) is 8.42 Å². The molecule has 1 aliphatic heterocycles.